The van der Waals surface area contributed by atoms with Crippen LogP contribution in [0.4, 0.5) is 0 Å². The predicted octanol–water partition coefficient (Wildman–Crippen LogP) is 4.10. The van der Waals surface area contributed by atoms with Crippen molar-refractivity contribution in [2.45, 2.75) is 53.4 Å². The van der Waals surface area contributed by atoms with E-state index in [1.165, 1.54) is 25.7 Å². The van der Waals surface area contributed by atoms with Gasteiger partial charge in [-0.15, -0.1) is 0 Å². The van der Waals surface area contributed by atoms with Crippen molar-refractivity contribution in [3.05, 3.63) is 0 Å². The van der Waals surface area contributed by atoms with Gasteiger partial charge in [-0.25, -0.2) is 0 Å². The van der Waals surface area contributed by atoms with Crippen molar-refractivity contribution in [3.63, 3.8) is 0 Å². The maximum Gasteiger partial charge on any atom is -0.0391 e. The summed E-state index contributed by atoms with van der Waals surface area (Å²) in [5.74, 6) is 3.90. The molecule has 0 heteroatoms. The van der Waals surface area contributed by atoms with E-state index in [-0.39, 0.29) is 0 Å². The second-order valence-electron chi connectivity index (χ2n) is 4.90. The second kappa shape index (κ2) is 4.30. The van der Waals surface area contributed by atoms with Gasteiger partial charge >= 0.3 is 0 Å². The van der Waals surface area contributed by atoms with Crippen LogP contribution in [0.5, 0.6) is 0 Å². The minimum absolute atomic E-state index is 0.916. The van der Waals surface area contributed by atoms with Crippen LogP contribution in [0.3, 0.4) is 0 Å². The highest BCUT2D eigenvalue weighted by molar-refractivity contribution is 4.78. The Morgan fingerprint density at radius 1 is 1.08 bits per heavy atom. The molecule has 0 aromatic heterocycles. The van der Waals surface area contributed by atoms with Gasteiger partial charge in [-0.05, 0) is 30.1 Å². The van der Waals surface area contributed by atoms with Crippen molar-refractivity contribution in [2.75, 3.05) is 0 Å². The molecular weight excluding hydrogens is 144 g/mol. The van der Waals surface area contributed by atoms with E-state index in [4.69, 9.17) is 0 Å². The average Bonchev–Trinajstić information content (AvgIpc) is 2.85. The number of hydrogen-bond acceptors (Lipinski definition) is 0. The second-order valence-corrected chi connectivity index (χ2v) is 4.90. The minimum atomic E-state index is 0.916. The average molecular weight is 168 g/mol. The lowest BCUT2D eigenvalue weighted by Crippen LogP contribution is -2.16. The minimum Gasteiger partial charge on any atom is -0.0651 e. The van der Waals surface area contributed by atoms with Gasteiger partial charge in [0.05, 0.1) is 0 Å². The van der Waals surface area contributed by atoms with Crippen LogP contribution in [0, 0.1) is 23.7 Å². The Balaban J connectivity index is 2.23. The Bertz CT molecular complexity index is 124. The molecule has 72 valence electrons. The monoisotopic (exact) mass is 168 g/mol. The first kappa shape index (κ1) is 10.1. The molecule has 0 nitrogen and oxygen atoms in total. The molecule has 0 saturated heterocycles. The van der Waals surface area contributed by atoms with Crippen LogP contribution in [-0.2, 0) is 0 Å². The van der Waals surface area contributed by atoms with Crippen LogP contribution >= 0.6 is 0 Å². The van der Waals surface area contributed by atoms with Crippen LogP contribution in [0.2, 0.25) is 0 Å². The molecule has 0 heterocycles. The van der Waals surface area contributed by atoms with E-state index in [1.54, 1.807) is 0 Å². The third-order valence-corrected chi connectivity index (χ3v) is 3.84. The Hall–Kier alpha value is 0. The number of hydrogen-bond donors (Lipinski definition) is 0. The molecule has 1 rings (SSSR count). The third-order valence-electron chi connectivity index (χ3n) is 3.84. The molecule has 1 fully saturated rings. The predicted molar refractivity (Wildman–Crippen MR) is 55.1 cm³/mol. The Labute approximate surface area is 77.7 Å². The van der Waals surface area contributed by atoms with Gasteiger partial charge in [0.25, 0.3) is 0 Å². The van der Waals surface area contributed by atoms with Crippen molar-refractivity contribution in [1.82, 2.24) is 0 Å². The molecule has 0 aromatic carbocycles. The van der Waals surface area contributed by atoms with Crippen LogP contribution in [-0.4, -0.2) is 0 Å². The zero-order chi connectivity index (χ0) is 9.14. The third kappa shape index (κ3) is 2.80. The molecule has 1 aliphatic rings. The summed E-state index contributed by atoms with van der Waals surface area (Å²) >= 11 is 0. The van der Waals surface area contributed by atoms with Gasteiger partial charge in [0.1, 0.15) is 0 Å². The van der Waals surface area contributed by atoms with E-state index >= 15 is 0 Å². The Morgan fingerprint density at radius 2 is 1.67 bits per heavy atom. The lowest BCUT2D eigenvalue weighted by Gasteiger charge is -2.25. The van der Waals surface area contributed by atoms with Crippen LogP contribution in [0.25, 0.3) is 0 Å². The van der Waals surface area contributed by atoms with E-state index in [0.29, 0.717) is 0 Å². The van der Waals surface area contributed by atoms with Crippen molar-refractivity contribution in [3.8, 4) is 0 Å². The molecule has 0 bridgehead atoms. The lowest BCUT2D eigenvalue weighted by molar-refractivity contribution is 0.252. The highest BCUT2D eigenvalue weighted by Gasteiger charge is 2.27. The standard InChI is InChI=1S/C12H24/c1-5-9(2)11(4)10(3)8-12-6-7-12/h9-12H,5-8H2,1-4H3. The van der Waals surface area contributed by atoms with Crippen molar-refractivity contribution < 1.29 is 0 Å². The summed E-state index contributed by atoms with van der Waals surface area (Å²) in [6, 6.07) is 0. The van der Waals surface area contributed by atoms with Crippen molar-refractivity contribution in [2.24, 2.45) is 23.7 Å². The maximum absolute atomic E-state index is 2.44. The van der Waals surface area contributed by atoms with E-state index in [0.717, 1.165) is 23.7 Å². The van der Waals surface area contributed by atoms with E-state index < -0.39 is 0 Å². The van der Waals surface area contributed by atoms with Gasteiger partial charge < -0.3 is 0 Å². The first-order chi connectivity index (χ1) is 5.65. The van der Waals surface area contributed by atoms with E-state index in [2.05, 4.69) is 27.7 Å². The lowest BCUT2D eigenvalue weighted by atomic mass is 9.81. The molecule has 0 radical (unpaired) electrons. The van der Waals surface area contributed by atoms with Gasteiger partial charge in [-0.2, -0.15) is 0 Å². The van der Waals surface area contributed by atoms with E-state index in [1.807, 2.05) is 0 Å². The normalized spacial score (nSPS) is 25.0. The van der Waals surface area contributed by atoms with Crippen LogP contribution in [0.15, 0.2) is 0 Å². The Morgan fingerprint density at radius 3 is 2.08 bits per heavy atom. The van der Waals surface area contributed by atoms with Gasteiger partial charge in [0, 0.05) is 0 Å². The summed E-state index contributed by atoms with van der Waals surface area (Å²) in [6.07, 6.45) is 5.86. The van der Waals surface area contributed by atoms with Gasteiger partial charge in [0.2, 0.25) is 0 Å². The molecular formula is C12H24. The zero-order valence-electron chi connectivity index (χ0n) is 9.14. The molecule has 0 aliphatic heterocycles. The molecule has 0 N–H and O–H groups in total. The smallest absolute Gasteiger partial charge is 0.0391 e. The van der Waals surface area contributed by atoms with Crippen molar-refractivity contribution >= 4 is 0 Å². The summed E-state index contributed by atoms with van der Waals surface area (Å²) < 4.78 is 0. The molecule has 0 amide bonds. The topological polar surface area (TPSA) is 0 Å². The summed E-state index contributed by atoms with van der Waals surface area (Å²) in [5.41, 5.74) is 0. The fourth-order valence-corrected chi connectivity index (χ4v) is 2.03. The quantitative estimate of drug-likeness (QED) is 0.579. The fraction of sp³-hybridized carbons (Fsp3) is 1.00. The van der Waals surface area contributed by atoms with E-state index in [9.17, 15) is 0 Å². The fourth-order valence-electron chi connectivity index (χ4n) is 2.03. The summed E-state index contributed by atoms with van der Waals surface area (Å²) in [7, 11) is 0. The highest BCUT2D eigenvalue weighted by Crippen LogP contribution is 2.38. The SMILES string of the molecule is CCC(C)C(C)C(C)CC1CC1. The van der Waals surface area contributed by atoms with Crippen LogP contribution in [0.1, 0.15) is 53.4 Å². The molecule has 1 saturated carbocycles. The van der Waals surface area contributed by atoms with Gasteiger partial charge in [-0.3, -0.25) is 0 Å². The Kier molecular flexibility index (Phi) is 3.61. The largest absolute Gasteiger partial charge is 0.0651 e. The summed E-state index contributed by atoms with van der Waals surface area (Å²) in [5, 5.41) is 0. The van der Waals surface area contributed by atoms with Gasteiger partial charge in [-0.1, -0.05) is 47.0 Å². The molecule has 3 atom stereocenters. The summed E-state index contributed by atoms with van der Waals surface area (Å²) in [4.78, 5) is 0. The summed E-state index contributed by atoms with van der Waals surface area (Å²) in [6.45, 7) is 9.58. The van der Waals surface area contributed by atoms with Crippen molar-refractivity contribution in [1.29, 1.82) is 0 Å². The molecule has 0 spiro atoms. The molecule has 0 aromatic rings. The number of rotatable bonds is 5. The molecule has 1 aliphatic carbocycles. The van der Waals surface area contributed by atoms with Crippen LogP contribution < -0.4 is 0 Å². The van der Waals surface area contributed by atoms with Gasteiger partial charge in [0.15, 0.2) is 0 Å². The first-order valence-electron chi connectivity index (χ1n) is 5.65. The molecule has 3 unspecified atom stereocenters. The molecule has 12 heavy (non-hydrogen) atoms. The zero-order valence-corrected chi connectivity index (χ0v) is 9.14. The maximum atomic E-state index is 2.44. The highest BCUT2D eigenvalue weighted by atomic mass is 14.3. The first-order valence-corrected chi connectivity index (χ1v) is 5.65.